The second-order valence-corrected chi connectivity index (χ2v) is 10.5. The van der Waals surface area contributed by atoms with Crippen LogP contribution in [-0.4, -0.2) is 4.98 Å². The zero-order valence-electron chi connectivity index (χ0n) is 17.6. The molecule has 0 saturated heterocycles. The maximum atomic E-state index is 4.83. The fraction of sp³-hybridized carbons (Fsp3) is 0.542. The zero-order chi connectivity index (χ0) is 19.0. The third-order valence-electron chi connectivity index (χ3n) is 4.54. The summed E-state index contributed by atoms with van der Waals surface area (Å²) >= 11 is 0. The van der Waals surface area contributed by atoms with Crippen molar-refractivity contribution in [2.45, 2.75) is 79.6 Å². The molecular formula is C24H35N. The molecule has 1 aromatic heterocycles. The van der Waals surface area contributed by atoms with Crippen LogP contribution in [0.3, 0.4) is 0 Å². The normalized spacial score (nSPS) is 13.2. The van der Waals surface area contributed by atoms with E-state index in [9.17, 15) is 0 Å². The van der Waals surface area contributed by atoms with Gasteiger partial charge in [0.25, 0.3) is 0 Å². The van der Waals surface area contributed by atoms with Crippen molar-refractivity contribution in [2.24, 2.45) is 5.41 Å². The standard InChI is InChI=1S/C24H35N/c1-22(2,3)15-18-14-21(25-16-20(18)24(7,8)9)17-11-10-12-19(13-17)23(4,5)6/h10-14,16H,15H2,1-9H3. The number of benzene rings is 1. The molecule has 0 atom stereocenters. The lowest BCUT2D eigenvalue weighted by molar-refractivity contribution is 0.406. The molecule has 25 heavy (non-hydrogen) atoms. The summed E-state index contributed by atoms with van der Waals surface area (Å²) in [6.45, 7) is 20.5. The molecule has 0 N–H and O–H groups in total. The topological polar surface area (TPSA) is 12.9 Å². The van der Waals surface area contributed by atoms with Gasteiger partial charge in [-0.15, -0.1) is 0 Å². The highest BCUT2D eigenvalue weighted by atomic mass is 14.7. The summed E-state index contributed by atoms with van der Waals surface area (Å²) < 4.78 is 0. The van der Waals surface area contributed by atoms with Crippen molar-refractivity contribution in [1.82, 2.24) is 4.98 Å². The van der Waals surface area contributed by atoms with Gasteiger partial charge in [0.1, 0.15) is 0 Å². The Morgan fingerprint density at radius 2 is 1.44 bits per heavy atom. The van der Waals surface area contributed by atoms with Crippen molar-refractivity contribution in [3.63, 3.8) is 0 Å². The summed E-state index contributed by atoms with van der Waals surface area (Å²) in [5.74, 6) is 0. The minimum atomic E-state index is 0.110. The minimum absolute atomic E-state index is 0.110. The quantitative estimate of drug-likeness (QED) is 0.579. The molecule has 2 aromatic rings. The van der Waals surface area contributed by atoms with Gasteiger partial charge in [0.2, 0.25) is 0 Å². The van der Waals surface area contributed by atoms with E-state index >= 15 is 0 Å². The molecule has 1 aromatic carbocycles. The molecule has 1 heteroatoms. The van der Waals surface area contributed by atoms with Crippen molar-refractivity contribution >= 4 is 0 Å². The summed E-state index contributed by atoms with van der Waals surface area (Å²) in [6, 6.07) is 11.1. The van der Waals surface area contributed by atoms with Gasteiger partial charge in [0, 0.05) is 11.8 Å². The van der Waals surface area contributed by atoms with E-state index in [4.69, 9.17) is 4.98 Å². The fourth-order valence-corrected chi connectivity index (χ4v) is 3.19. The highest BCUT2D eigenvalue weighted by Gasteiger charge is 2.23. The van der Waals surface area contributed by atoms with E-state index in [0.29, 0.717) is 0 Å². The van der Waals surface area contributed by atoms with Crippen LogP contribution in [0.4, 0.5) is 0 Å². The van der Waals surface area contributed by atoms with Crippen molar-refractivity contribution in [3.05, 3.63) is 53.2 Å². The van der Waals surface area contributed by atoms with Crippen molar-refractivity contribution in [2.75, 3.05) is 0 Å². The molecule has 0 aliphatic carbocycles. The minimum Gasteiger partial charge on any atom is -0.256 e. The number of hydrogen-bond donors (Lipinski definition) is 0. The molecule has 0 fully saturated rings. The lowest BCUT2D eigenvalue weighted by atomic mass is 9.79. The SMILES string of the molecule is CC(C)(C)Cc1cc(-c2cccc(C(C)(C)C)c2)ncc1C(C)(C)C. The molecule has 2 rings (SSSR count). The van der Waals surface area contributed by atoms with E-state index in [1.807, 2.05) is 0 Å². The smallest absolute Gasteiger partial charge is 0.0705 e. The van der Waals surface area contributed by atoms with Gasteiger partial charge in [-0.2, -0.15) is 0 Å². The van der Waals surface area contributed by atoms with E-state index in [-0.39, 0.29) is 16.2 Å². The van der Waals surface area contributed by atoms with Crippen LogP contribution < -0.4 is 0 Å². The van der Waals surface area contributed by atoms with Crippen molar-refractivity contribution in [1.29, 1.82) is 0 Å². The molecule has 0 amide bonds. The second kappa shape index (κ2) is 6.59. The van der Waals surface area contributed by atoms with E-state index in [1.54, 1.807) is 0 Å². The van der Waals surface area contributed by atoms with Crippen molar-refractivity contribution in [3.8, 4) is 11.3 Å². The van der Waals surface area contributed by atoms with Gasteiger partial charge in [0.15, 0.2) is 0 Å². The predicted molar refractivity (Wildman–Crippen MR) is 110 cm³/mol. The van der Waals surface area contributed by atoms with Gasteiger partial charge >= 0.3 is 0 Å². The average molecular weight is 338 g/mol. The maximum Gasteiger partial charge on any atom is 0.0705 e. The van der Waals surface area contributed by atoms with E-state index in [2.05, 4.69) is 98.8 Å². The first-order valence-corrected chi connectivity index (χ1v) is 9.38. The lowest BCUT2D eigenvalue weighted by Crippen LogP contribution is -2.19. The summed E-state index contributed by atoms with van der Waals surface area (Å²) in [7, 11) is 0. The van der Waals surface area contributed by atoms with Gasteiger partial charge < -0.3 is 0 Å². The predicted octanol–water partition coefficient (Wildman–Crippen LogP) is 6.93. The van der Waals surface area contributed by atoms with Gasteiger partial charge in [-0.3, -0.25) is 4.98 Å². The molecule has 136 valence electrons. The molecule has 0 aliphatic rings. The van der Waals surface area contributed by atoms with Crippen LogP contribution in [-0.2, 0) is 17.3 Å². The molecule has 0 bridgehead atoms. The zero-order valence-corrected chi connectivity index (χ0v) is 17.6. The third kappa shape index (κ3) is 5.17. The lowest BCUT2D eigenvalue weighted by Gasteiger charge is -2.27. The Morgan fingerprint density at radius 1 is 0.800 bits per heavy atom. The van der Waals surface area contributed by atoms with Crippen LogP contribution in [0.5, 0.6) is 0 Å². The van der Waals surface area contributed by atoms with Crippen LogP contribution in [0.1, 0.15) is 79.0 Å². The summed E-state index contributed by atoms with van der Waals surface area (Å²) in [6.07, 6.45) is 3.16. The number of nitrogens with zero attached hydrogens (tertiary/aromatic N) is 1. The monoisotopic (exact) mass is 337 g/mol. The highest BCUT2D eigenvalue weighted by Crippen LogP contribution is 2.33. The highest BCUT2D eigenvalue weighted by molar-refractivity contribution is 5.62. The fourth-order valence-electron chi connectivity index (χ4n) is 3.19. The second-order valence-electron chi connectivity index (χ2n) is 10.5. The molecule has 0 spiro atoms. The molecule has 1 heterocycles. The number of hydrogen-bond acceptors (Lipinski definition) is 1. The number of pyridine rings is 1. The van der Waals surface area contributed by atoms with Crippen LogP contribution in [0.2, 0.25) is 0 Å². The van der Waals surface area contributed by atoms with Crippen LogP contribution in [0, 0.1) is 5.41 Å². The Labute approximate surface area is 154 Å². The number of rotatable bonds is 2. The Kier molecular flexibility index (Phi) is 5.19. The summed E-state index contributed by atoms with van der Waals surface area (Å²) in [5.41, 5.74) is 6.94. The average Bonchev–Trinajstić information content (AvgIpc) is 2.43. The molecule has 1 nitrogen and oxygen atoms in total. The van der Waals surface area contributed by atoms with Gasteiger partial charge in [-0.1, -0.05) is 80.5 Å². The Bertz CT molecular complexity index is 734. The maximum absolute atomic E-state index is 4.83. The molecule has 0 unspecified atom stereocenters. The first-order valence-electron chi connectivity index (χ1n) is 9.38. The first-order chi connectivity index (χ1) is 11.3. The molecule has 0 saturated carbocycles. The number of aromatic nitrogens is 1. The molecule has 0 aliphatic heterocycles. The van der Waals surface area contributed by atoms with E-state index in [0.717, 1.165) is 12.1 Å². The van der Waals surface area contributed by atoms with Gasteiger partial charge in [-0.05, 0) is 51.5 Å². The van der Waals surface area contributed by atoms with Crippen LogP contribution in [0.25, 0.3) is 11.3 Å². The van der Waals surface area contributed by atoms with Crippen LogP contribution >= 0.6 is 0 Å². The largest absolute Gasteiger partial charge is 0.256 e. The van der Waals surface area contributed by atoms with Crippen molar-refractivity contribution < 1.29 is 0 Å². The third-order valence-corrected chi connectivity index (χ3v) is 4.54. The Hall–Kier alpha value is -1.63. The van der Waals surface area contributed by atoms with Gasteiger partial charge in [-0.25, -0.2) is 0 Å². The Morgan fingerprint density at radius 3 is 1.96 bits per heavy atom. The molecule has 0 radical (unpaired) electrons. The Balaban J connectivity index is 2.55. The first kappa shape index (κ1) is 19.7. The van der Waals surface area contributed by atoms with Crippen LogP contribution in [0.15, 0.2) is 36.5 Å². The van der Waals surface area contributed by atoms with E-state index in [1.165, 1.54) is 22.3 Å². The van der Waals surface area contributed by atoms with Gasteiger partial charge in [0.05, 0.1) is 5.69 Å². The van der Waals surface area contributed by atoms with E-state index < -0.39 is 0 Å². The summed E-state index contributed by atoms with van der Waals surface area (Å²) in [5, 5.41) is 0. The summed E-state index contributed by atoms with van der Waals surface area (Å²) in [4.78, 5) is 4.83. The molecular weight excluding hydrogens is 302 g/mol.